The summed E-state index contributed by atoms with van der Waals surface area (Å²) < 4.78 is 28.6. The number of rotatable bonds is 5. The summed E-state index contributed by atoms with van der Waals surface area (Å²) in [7, 11) is -3.66. The van der Waals surface area contributed by atoms with Crippen LogP contribution < -0.4 is 5.32 Å². The van der Waals surface area contributed by atoms with Crippen molar-refractivity contribution in [2.75, 3.05) is 26.2 Å². The highest BCUT2D eigenvalue weighted by atomic mass is 32.2. The van der Waals surface area contributed by atoms with E-state index in [9.17, 15) is 18.0 Å². The van der Waals surface area contributed by atoms with Crippen molar-refractivity contribution in [1.82, 2.24) is 14.5 Å². The lowest BCUT2D eigenvalue weighted by molar-refractivity contribution is -0.119. The minimum atomic E-state index is -3.66. The van der Waals surface area contributed by atoms with Crippen LogP contribution in [0.4, 0.5) is 0 Å². The van der Waals surface area contributed by atoms with E-state index < -0.39 is 10.0 Å². The number of hydrogen-bond donors (Lipinski definition) is 1. The number of hydrogen-bond acceptors (Lipinski definition) is 4. The Morgan fingerprint density at radius 2 is 1.30 bits per heavy atom. The van der Waals surface area contributed by atoms with Crippen LogP contribution in [0.3, 0.4) is 0 Å². The molecule has 0 aliphatic carbocycles. The molecule has 1 aliphatic rings. The Labute approximate surface area is 196 Å². The van der Waals surface area contributed by atoms with Gasteiger partial charge in [0.25, 0.3) is 5.91 Å². The number of amides is 2. The zero-order valence-electron chi connectivity index (χ0n) is 20.3. The monoisotopic (exact) mass is 471 g/mol. The molecule has 2 aromatic rings. The summed E-state index contributed by atoms with van der Waals surface area (Å²) >= 11 is 0. The largest absolute Gasteiger partial charge is 0.352 e. The fourth-order valence-electron chi connectivity index (χ4n) is 4.29. The molecule has 1 fully saturated rings. The summed E-state index contributed by atoms with van der Waals surface area (Å²) in [5, 5.41) is 2.73. The first-order chi connectivity index (χ1) is 15.4. The number of nitrogens with one attached hydrogen (secondary N) is 1. The highest BCUT2D eigenvalue weighted by molar-refractivity contribution is 7.89. The van der Waals surface area contributed by atoms with Gasteiger partial charge in [0.15, 0.2) is 0 Å². The molecule has 0 radical (unpaired) electrons. The molecule has 0 spiro atoms. The molecular weight excluding hydrogens is 438 g/mol. The molecule has 0 bridgehead atoms. The molecule has 8 heteroatoms. The SMILES string of the molecule is CC(=O)NCc1ccc(C(=O)N2CCN(S(=O)(=O)c3c(C)c(C)c(C)c(C)c3C)CC2)cc1. The van der Waals surface area contributed by atoms with Gasteiger partial charge in [-0.05, 0) is 80.1 Å². The van der Waals surface area contributed by atoms with Crippen LogP contribution in [0.5, 0.6) is 0 Å². The summed E-state index contributed by atoms with van der Waals surface area (Å²) in [6, 6.07) is 7.12. The van der Waals surface area contributed by atoms with Gasteiger partial charge in [0, 0.05) is 45.2 Å². The van der Waals surface area contributed by atoms with E-state index in [1.54, 1.807) is 17.0 Å². The van der Waals surface area contributed by atoms with E-state index in [-0.39, 0.29) is 24.9 Å². The molecule has 3 rings (SSSR count). The van der Waals surface area contributed by atoms with E-state index in [2.05, 4.69) is 5.32 Å². The zero-order valence-corrected chi connectivity index (χ0v) is 21.1. The van der Waals surface area contributed by atoms with Crippen molar-refractivity contribution in [1.29, 1.82) is 0 Å². The van der Waals surface area contributed by atoms with Crippen LogP contribution in [0.2, 0.25) is 0 Å². The predicted octanol–water partition coefficient (Wildman–Crippen LogP) is 3.01. The molecule has 1 saturated heterocycles. The Kier molecular flexibility index (Phi) is 7.29. The Bertz CT molecular complexity index is 1150. The molecule has 178 valence electrons. The van der Waals surface area contributed by atoms with Crippen LogP contribution in [-0.2, 0) is 21.4 Å². The van der Waals surface area contributed by atoms with Gasteiger partial charge in [0.05, 0.1) is 4.90 Å². The smallest absolute Gasteiger partial charge is 0.253 e. The van der Waals surface area contributed by atoms with Crippen molar-refractivity contribution in [3.05, 3.63) is 63.2 Å². The van der Waals surface area contributed by atoms with Crippen molar-refractivity contribution in [3.63, 3.8) is 0 Å². The third-order valence-electron chi connectivity index (χ3n) is 6.80. The average molecular weight is 472 g/mol. The van der Waals surface area contributed by atoms with Crippen molar-refractivity contribution in [3.8, 4) is 0 Å². The summed E-state index contributed by atoms with van der Waals surface area (Å²) in [5.74, 6) is -0.225. The normalized spacial score (nSPS) is 14.9. The molecule has 0 saturated carbocycles. The Morgan fingerprint density at radius 1 is 0.818 bits per heavy atom. The van der Waals surface area contributed by atoms with Gasteiger partial charge in [0.2, 0.25) is 15.9 Å². The van der Waals surface area contributed by atoms with Crippen LogP contribution in [-0.4, -0.2) is 55.6 Å². The number of piperazine rings is 1. The number of carbonyl (C=O) groups excluding carboxylic acids is 2. The van der Waals surface area contributed by atoms with Gasteiger partial charge < -0.3 is 10.2 Å². The molecule has 1 heterocycles. The highest BCUT2D eigenvalue weighted by Crippen LogP contribution is 2.32. The zero-order chi connectivity index (χ0) is 24.5. The topological polar surface area (TPSA) is 86.8 Å². The first-order valence-electron chi connectivity index (χ1n) is 11.1. The Hall–Kier alpha value is -2.71. The van der Waals surface area contributed by atoms with Crippen LogP contribution in [0.25, 0.3) is 0 Å². The van der Waals surface area contributed by atoms with E-state index >= 15 is 0 Å². The molecule has 2 aromatic carbocycles. The van der Waals surface area contributed by atoms with E-state index in [1.807, 2.05) is 46.8 Å². The van der Waals surface area contributed by atoms with E-state index in [1.165, 1.54) is 11.2 Å². The van der Waals surface area contributed by atoms with Gasteiger partial charge in [-0.25, -0.2) is 8.42 Å². The molecule has 0 aromatic heterocycles. The molecular formula is C25H33N3O4S. The van der Waals surface area contributed by atoms with E-state index in [0.717, 1.165) is 33.4 Å². The Balaban J connectivity index is 1.72. The maximum absolute atomic E-state index is 13.5. The lowest BCUT2D eigenvalue weighted by Gasteiger charge is -2.35. The van der Waals surface area contributed by atoms with Crippen LogP contribution in [0.1, 0.15) is 50.7 Å². The summed E-state index contributed by atoms with van der Waals surface area (Å²) in [6.07, 6.45) is 0. The van der Waals surface area contributed by atoms with Crippen molar-refractivity contribution >= 4 is 21.8 Å². The summed E-state index contributed by atoms with van der Waals surface area (Å²) in [4.78, 5) is 26.1. The van der Waals surface area contributed by atoms with Crippen molar-refractivity contribution < 1.29 is 18.0 Å². The van der Waals surface area contributed by atoms with E-state index in [4.69, 9.17) is 0 Å². The standard InChI is InChI=1S/C25H33N3O4S/c1-16-17(2)19(4)24(20(5)18(16)3)33(31,32)28-13-11-27(12-14-28)25(30)23-9-7-22(8-10-23)15-26-21(6)29/h7-10H,11-15H2,1-6H3,(H,26,29). The maximum Gasteiger partial charge on any atom is 0.253 e. The van der Waals surface area contributed by atoms with Gasteiger partial charge in [-0.1, -0.05) is 12.1 Å². The first-order valence-corrected chi connectivity index (χ1v) is 12.6. The van der Waals surface area contributed by atoms with Crippen LogP contribution in [0, 0.1) is 34.6 Å². The second kappa shape index (κ2) is 9.65. The van der Waals surface area contributed by atoms with Crippen LogP contribution in [0.15, 0.2) is 29.2 Å². The molecule has 1 aliphatic heterocycles. The third kappa shape index (κ3) is 4.96. The van der Waals surface area contributed by atoms with Gasteiger partial charge in [-0.2, -0.15) is 4.31 Å². The second-order valence-electron chi connectivity index (χ2n) is 8.76. The molecule has 0 atom stereocenters. The minimum Gasteiger partial charge on any atom is -0.352 e. The van der Waals surface area contributed by atoms with Gasteiger partial charge in [0.1, 0.15) is 0 Å². The third-order valence-corrected chi connectivity index (χ3v) is 8.97. The van der Waals surface area contributed by atoms with E-state index in [0.29, 0.717) is 30.1 Å². The van der Waals surface area contributed by atoms with Crippen LogP contribution >= 0.6 is 0 Å². The number of carbonyl (C=O) groups is 2. The first kappa shape index (κ1) is 24.9. The number of sulfonamides is 1. The Morgan fingerprint density at radius 3 is 1.79 bits per heavy atom. The molecule has 1 N–H and O–H groups in total. The molecule has 2 amide bonds. The highest BCUT2D eigenvalue weighted by Gasteiger charge is 2.33. The number of benzene rings is 2. The average Bonchev–Trinajstić information content (AvgIpc) is 2.80. The summed E-state index contributed by atoms with van der Waals surface area (Å²) in [5.41, 5.74) is 6.20. The van der Waals surface area contributed by atoms with Crippen molar-refractivity contribution in [2.24, 2.45) is 0 Å². The predicted molar refractivity (Wildman–Crippen MR) is 129 cm³/mol. The second-order valence-corrected chi connectivity index (χ2v) is 10.6. The molecule has 7 nitrogen and oxygen atoms in total. The fraction of sp³-hybridized carbons (Fsp3) is 0.440. The summed E-state index contributed by atoms with van der Waals surface area (Å²) in [6.45, 7) is 12.8. The van der Waals surface area contributed by atoms with Crippen molar-refractivity contribution in [2.45, 2.75) is 53.0 Å². The minimum absolute atomic E-state index is 0.107. The lowest BCUT2D eigenvalue weighted by Crippen LogP contribution is -2.50. The fourth-order valence-corrected chi connectivity index (χ4v) is 6.27. The molecule has 0 unspecified atom stereocenters. The van der Waals surface area contributed by atoms with Gasteiger partial charge >= 0.3 is 0 Å². The van der Waals surface area contributed by atoms with Gasteiger partial charge in [-0.15, -0.1) is 0 Å². The quantitative estimate of drug-likeness (QED) is 0.726. The van der Waals surface area contributed by atoms with Gasteiger partial charge in [-0.3, -0.25) is 9.59 Å². The number of nitrogens with zero attached hydrogens (tertiary/aromatic N) is 2. The maximum atomic E-state index is 13.5. The molecule has 33 heavy (non-hydrogen) atoms. The lowest BCUT2D eigenvalue weighted by atomic mass is 9.95.